The van der Waals surface area contributed by atoms with Crippen LogP contribution in [-0.4, -0.2) is 41.5 Å². The number of hydrogen-bond acceptors (Lipinski definition) is 4. The van der Waals surface area contributed by atoms with Crippen LogP contribution in [0.4, 0.5) is 0 Å². The number of aromatic nitrogens is 1. The summed E-state index contributed by atoms with van der Waals surface area (Å²) in [6.07, 6.45) is 0. The molecule has 1 aromatic rings. The van der Waals surface area contributed by atoms with Crippen LogP contribution in [0.2, 0.25) is 0 Å². The van der Waals surface area contributed by atoms with Gasteiger partial charge in [0, 0.05) is 25.7 Å². The highest BCUT2D eigenvalue weighted by Crippen LogP contribution is 2.20. The summed E-state index contributed by atoms with van der Waals surface area (Å²) in [6.45, 7) is 8.47. The Morgan fingerprint density at radius 2 is 2.11 bits per heavy atom. The molecule has 0 aliphatic carbocycles. The van der Waals surface area contributed by atoms with Gasteiger partial charge in [0.15, 0.2) is 0 Å². The van der Waals surface area contributed by atoms with E-state index in [-0.39, 0.29) is 36.8 Å². The Morgan fingerprint density at radius 1 is 1.44 bits per heavy atom. The number of halogens is 2. The molecule has 0 radical (unpaired) electrons. The van der Waals surface area contributed by atoms with Crippen molar-refractivity contribution in [2.45, 2.75) is 26.8 Å². The summed E-state index contributed by atoms with van der Waals surface area (Å²) in [5, 5.41) is 4.25. The lowest BCUT2D eigenvalue weighted by molar-refractivity contribution is 0.0660. The number of amides is 1. The van der Waals surface area contributed by atoms with Gasteiger partial charge in [-0.15, -0.1) is 36.2 Å². The van der Waals surface area contributed by atoms with E-state index >= 15 is 0 Å². The molecule has 1 saturated heterocycles. The minimum atomic E-state index is 0. The van der Waals surface area contributed by atoms with Crippen LogP contribution in [0.3, 0.4) is 0 Å². The van der Waals surface area contributed by atoms with Crippen molar-refractivity contribution >= 4 is 42.1 Å². The van der Waals surface area contributed by atoms with Crippen LogP contribution >= 0.6 is 36.2 Å². The van der Waals surface area contributed by atoms with E-state index in [4.69, 9.17) is 0 Å². The summed E-state index contributed by atoms with van der Waals surface area (Å²) in [6, 6.07) is 0.267. The number of thiazole rings is 1. The summed E-state index contributed by atoms with van der Waals surface area (Å²) in [5.41, 5.74) is 0.859. The minimum absolute atomic E-state index is 0. The number of carbonyl (C=O) groups excluding carboxylic acids is 1. The lowest BCUT2D eigenvalue weighted by atomic mass is 10.2. The number of nitrogens with one attached hydrogen (secondary N) is 1. The molecule has 1 atom stereocenters. The van der Waals surface area contributed by atoms with E-state index in [0.717, 1.165) is 35.2 Å². The molecule has 0 spiro atoms. The first-order valence-corrected chi connectivity index (χ1v) is 6.37. The van der Waals surface area contributed by atoms with Crippen molar-refractivity contribution in [1.29, 1.82) is 0 Å². The van der Waals surface area contributed by atoms with E-state index in [0.29, 0.717) is 0 Å². The van der Waals surface area contributed by atoms with Crippen molar-refractivity contribution in [2.24, 2.45) is 0 Å². The van der Waals surface area contributed by atoms with Crippen molar-refractivity contribution in [2.75, 3.05) is 19.6 Å². The van der Waals surface area contributed by atoms with Gasteiger partial charge >= 0.3 is 0 Å². The number of nitrogens with zero attached hydrogens (tertiary/aromatic N) is 2. The first-order chi connectivity index (χ1) is 7.59. The third-order valence-corrected chi connectivity index (χ3v) is 3.92. The van der Waals surface area contributed by atoms with Crippen molar-refractivity contribution in [1.82, 2.24) is 15.2 Å². The number of carbonyl (C=O) groups is 1. The average molecular weight is 312 g/mol. The Kier molecular flexibility index (Phi) is 7.14. The van der Waals surface area contributed by atoms with E-state index in [1.165, 1.54) is 11.3 Å². The monoisotopic (exact) mass is 311 g/mol. The Morgan fingerprint density at radius 3 is 2.61 bits per heavy atom. The Hall–Kier alpha value is -0.360. The zero-order valence-corrected chi connectivity index (χ0v) is 13.2. The van der Waals surface area contributed by atoms with E-state index in [9.17, 15) is 4.79 Å². The molecule has 1 aliphatic rings. The molecule has 2 rings (SSSR count). The number of piperazine rings is 1. The third kappa shape index (κ3) is 3.57. The second-order valence-electron chi connectivity index (χ2n) is 4.20. The van der Waals surface area contributed by atoms with Crippen LogP contribution in [0.5, 0.6) is 0 Å². The van der Waals surface area contributed by atoms with Crippen LogP contribution in [0, 0.1) is 13.8 Å². The SMILES string of the molecule is Cc1nc(C)c(C(=O)N2CCNCC2C)s1.Cl.Cl. The summed E-state index contributed by atoms with van der Waals surface area (Å²) in [4.78, 5) is 19.4. The molecule has 18 heavy (non-hydrogen) atoms. The molecular weight excluding hydrogens is 293 g/mol. The molecule has 1 amide bonds. The van der Waals surface area contributed by atoms with Gasteiger partial charge in [-0.1, -0.05) is 0 Å². The fourth-order valence-corrected chi connectivity index (χ4v) is 2.88. The fourth-order valence-electron chi connectivity index (χ4n) is 2.00. The zero-order valence-electron chi connectivity index (χ0n) is 10.7. The van der Waals surface area contributed by atoms with Gasteiger partial charge in [0.25, 0.3) is 5.91 Å². The fraction of sp³-hybridized carbons (Fsp3) is 0.636. The van der Waals surface area contributed by atoms with Crippen LogP contribution in [0.1, 0.15) is 27.3 Å². The standard InChI is InChI=1S/C11H17N3OS.2ClH/c1-7-6-12-4-5-14(7)11(15)10-8(2)13-9(3)16-10;;/h7,12H,4-6H2,1-3H3;2*1H. The van der Waals surface area contributed by atoms with Gasteiger partial charge in [0.05, 0.1) is 10.7 Å². The van der Waals surface area contributed by atoms with Crippen LogP contribution < -0.4 is 5.32 Å². The topological polar surface area (TPSA) is 45.2 Å². The average Bonchev–Trinajstić information content (AvgIpc) is 2.58. The maximum absolute atomic E-state index is 12.3. The molecule has 1 N–H and O–H groups in total. The molecule has 1 fully saturated rings. The zero-order chi connectivity index (χ0) is 11.7. The highest BCUT2D eigenvalue weighted by molar-refractivity contribution is 7.13. The third-order valence-electron chi connectivity index (χ3n) is 2.86. The molecule has 104 valence electrons. The van der Waals surface area contributed by atoms with Crippen LogP contribution in [-0.2, 0) is 0 Å². The maximum Gasteiger partial charge on any atom is 0.266 e. The Bertz CT molecular complexity index is 411. The molecule has 4 nitrogen and oxygen atoms in total. The Balaban J connectivity index is 0.00000144. The summed E-state index contributed by atoms with van der Waals surface area (Å²) < 4.78 is 0. The van der Waals surface area contributed by atoms with Gasteiger partial charge in [-0.3, -0.25) is 4.79 Å². The first kappa shape index (κ1) is 17.6. The van der Waals surface area contributed by atoms with Crippen LogP contribution in [0.25, 0.3) is 0 Å². The van der Waals surface area contributed by atoms with Gasteiger partial charge in [-0.05, 0) is 20.8 Å². The maximum atomic E-state index is 12.3. The van der Waals surface area contributed by atoms with Crippen molar-refractivity contribution < 1.29 is 4.79 Å². The smallest absolute Gasteiger partial charge is 0.266 e. The second-order valence-corrected chi connectivity index (χ2v) is 5.40. The Labute approximate surface area is 124 Å². The van der Waals surface area contributed by atoms with Gasteiger partial charge in [-0.2, -0.15) is 0 Å². The van der Waals surface area contributed by atoms with Gasteiger partial charge in [0.1, 0.15) is 4.88 Å². The minimum Gasteiger partial charge on any atom is -0.333 e. The predicted octanol–water partition coefficient (Wildman–Crippen LogP) is 2.04. The summed E-state index contributed by atoms with van der Waals surface area (Å²) >= 11 is 1.50. The van der Waals surface area contributed by atoms with E-state index in [2.05, 4.69) is 17.2 Å². The van der Waals surface area contributed by atoms with E-state index in [1.54, 1.807) is 0 Å². The number of aryl methyl sites for hydroxylation is 2. The van der Waals surface area contributed by atoms with Crippen molar-refractivity contribution in [3.05, 3.63) is 15.6 Å². The molecule has 1 aromatic heterocycles. The normalized spacial score (nSPS) is 18.8. The van der Waals surface area contributed by atoms with Gasteiger partial charge < -0.3 is 10.2 Å². The molecule has 7 heteroatoms. The first-order valence-electron chi connectivity index (χ1n) is 5.55. The highest BCUT2D eigenvalue weighted by Gasteiger charge is 2.26. The summed E-state index contributed by atoms with van der Waals surface area (Å²) in [7, 11) is 0. The molecule has 0 aromatic carbocycles. The van der Waals surface area contributed by atoms with E-state index < -0.39 is 0 Å². The summed E-state index contributed by atoms with van der Waals surface area (Å²) in [5.74, 6) is 0.136. The number of rotatable bonds is 1. The molecule has 0 saturated carbocycles. The molecule has 1 unspecified atom stereocenters. The largest absolute Gasteiger partial charge is 0.333 e. The van der Waals surface area contributed by atoms with Crippen LogP contribution in [0.15, 0.2) is 0 Å². The lowest BCUT2D eigenvalue weighted by Crippen LogP contribution is -2.52. The molecule has 2 heterocycles. The predicted molar refractivity (Wildman–Crippen MR) is 79.5 cm³/mol. The molecule has 0 bridgehead atoms. The lowest BCUT2D eigenvalue weighted by Gasteiger charge is -2.33. The van der Waals surface area contributed by atoms with Crippen molar-refractivity contribution in [3.8, 4) is 0 Å². The van der Waals surface area contributed by atoms with Gasteiger partial charge in [-0.25, -0.2) is 4.98 Å². The molecular formula is C11H19Cl2N3OS. The van der Waals surface area contributed by atoms with Crippen molar-refractivity contribution in [3.63, 3.8) is 0 Å². The number of hydrogen-bond donors (Lipinski definition) is 1. The van der Waals surface area contributed by atoms with Gasteiger partial charge in [0.2, 0.25) is 0 Å². The second kappa shape index (κ2) is 7.28. The highest BCUT2D eigenvalue weighted by atomic mass is 35.5. The quantitative estimate of drug-likeness (QED) is 0.863. The molecule has 1 aliphatic heterocycles. The van der Waals surface area contributed by atoms with E-state index in [1.807, 2.05) is 18.7 Å².